The van der Waals surface area contributed by atoms with Crippen LogP contribution in [-0.4, -0.2) is 209 Å². The zero-order chi connectivity index (χ0) is 54.1. The molecule has 0 saturated heterocycles. The lowest BCUT2D eigenvalue weighted by Gasteiger charge is -2.32. The van der Waals surface area contributed by atoms with Crippen LogP contribution in [0.5, 0.6) is 0 Å². The van der Waals surface area contributed by atoms with Gasteiger partial charge in [0.1, 0.15) is 6.54 Å². The number of methoxy groups -OCH3 is 1. The number of carboxylic acid groups (broad SMARTS) is 1. The van der Waals surface area contributed by atoms with E-state index in [2.05, 4.69) is 25.6 Å². The molecule has 404 valence electrons. The summed E-state index contributed by atoms with van der Waals surface area (Å²) < 4.78 is 5.15. The summed E-state index contributed by atoms with van der Waals surface area (Å²) in [5.74, 6) is -5.09. The Hall–Kier alpha value is -7.69. The number of aliphatic carboxylic acids is 1. The molecule has 75 heavy (non-hydrogen) atoms. The minimum absolute atomic E-state index is 0.0139. The SMILES string of the molecule is CCCNC(=O)CN(C)C(=O)CN(CCC(=O)O)C(=O)CN(Cc1cccnc1)C(=O)CN(CCCN)C(=O)CN(CCc1c[nH]c2ccccc12)C(=O)CN(CCc1c[nH]c2ccccc12)C(=O)CNCCOC. The number of nitrogens with one attached hydrogen (secondary N) is 4. The predicted molar refractivity (Wildman–Crippen MR) is 282 cm³/mol. The number of rotatable bonds is 33. The number of carbonyl (C=O) groups is 8. The Bertz CT molecular complexity index is 2680. The van der Waals surface area contributed by atoms with E-state index >= 15 is 0 Å². The van der Waals surface area contributed by atoms with Gasteiger partial charge in [0, 0.05) is 107 Å². The highest BCUT2D eigenvalue weighted by molar-refractivity contribution is 5.93. The van der Waals surface area contributed by atoms with Crippen molar-refractivity contribution in [1.82, 2.24) is 55.0 Å². The first-order valence-corrected chi connectivity index (χ1v) is 25.2. The van der Waals surface area contributed by atoms with Gasteiger partial charge >= 0.3 is 5.97 Å². The van der Waals surface area contributed by atoms with Gasteiger partial charge < -0.3 is 65.6 Å². The monoisotopic (exact) mass is 1040 g/mol. The van der Waals surface area contributed by atoms with Crippen molar-refractivity contribution in [3.05, 3.63) is 102 Å². The van der Waals surface area contributed by atoms with E-state index in [0.29, 0.717) is 44.5 Å². The summed E-state index contributed by atoms with van der Waals surface area (Å²) in [6, 6.07) is 18.9. The van der Waals surface area contributed by atoms with Crippen LogP contribution >= 0.6 is 0 Å². The number of likely N-dealkylation sites (N-methyl/N-ethyl adjacent to an activating group) is 1. The summed E-state index contributed by atoms with van der Waals surface area (Å²) in [7, 11) is 2.95. The molecular formula is C53H72N12O10. The van der Waals surface area contributed by atoms with Crippen molar-refractivity contribution < 1.29 is 48.2 Å². The number of H-pyrrole nitrogens is 2. The number of carboxylic acids is 1. The van der Waals surface area contributed by atoms with Crippen LogP contribution in [0.2, 0.25) is 0 Å². The number of fused-ring (bicyclic) bond motifs is 2. The van der Waals surface area contributed by atoms with Gasteiger partial charge in [-0.25, -0.2) is 0 Å². The molecule has 3 aromatic heterocycles. The maximum Gasteiger partial charge on any atom is 0.305 e. The Morgan fingerprint density at radius 3 is 1.73 bits per heavy atom. The number of ether oxygens (including phenoxy) is 1. The van der Waals surface area contributed by atoms with E-state index in [1.807, 2.05) is 67.8 Å². The van der Waals surface area contributed by atoms with E-state index in [1.165, 1.54) is 39.0 Å². The molecule has 0 fully saturated rings. The van der Waals surface area contributed by atoms with Crippen LogP contribution in [0.3, 0.4) is 0 Å². The fourth-order valence-corrected chi connectivity index (χ4v) is 8.25. The van der Waals surface area contributed by atoms with Crippen LogP contribution in [0.15, 0.2) is 85.5 Å². The highest BCUT2D eigenvalue weighted by Crippen LogP contribution is 2.20. The number of pyridine rings is 1. The molecule has 7 N–H and O–H groups in total. The first-order chi connectivity index (χ1) is 36.2. The van der Waals surface area contributed by atoms with Gasteiger partial charge in [-0.1, -0.05) is 49.4 Å². The van der Waals surface area contributed by atoms with Crippen molar-refractivity contribution in [1.29, 1.82) is 0 Å². The van der Waals surface area contributed by atoms with E-state index < -0.39 is 74.0 Å². The van der Waals surface area contributed by atoms with E-state index in [1.54, 1.807) is 19.2 Å². The summed E-state index contributed by atoms with van der Waals surface area (Å²) >= 11 is 0. The van der Waals surface area contributed by atoms with Gasteiger partial charge in [0.25, 0.3) is 0 Å². The van der Waals surface area contributed by atoms with Crippen LogP contribution in [0, 0.1) is 0 Å². The number of hydrogen-bond acceptors (Lipinski definition) is 12. The average molecular weight is 1040 g/mol. The number of hydrogen-bond donors (Lipinski definition) is 6. The highest BCUT2D eigenvalue weighted by atomic mass is 16.5. The molecule has 0 radical (unpaired) electrons. The molecule has 0 bridgehead atoms. The van der Waals surface area contributed by atoms with E-state index in [4.69, 9.17) is 10.5 Å². The lowest BCUT2D eigenvalue weighted by Crippen LogP contribution is -2.52. The molecule has 2 aromatic carbocycles. The maximum atomic E-state index is 14.7. The van der Waals surface area contributed by atoms with Gasteiger partial charge in [-0.2, -0.15) is 0 Å². The molecule has 0 saturated carbocycles. The van der Waals surface area contributed by atoms with Gasteiger partial charge in [0.15, 0.2) is 0 Å². The molecule has 22 heteroatoms. The van der Waals surface area contributed by atoms with Crippen LogP contribution in [-0.2, 0) is 62.5 Å². The molecule has 0 unspecified atom stereocenters. The second-order valence-corrected chi connectivity index (χ2v) is 18.1. The van der Waals surface area contributed by atoms with Crippen LogP contribution < -0.4 is 16.4 Å². The molecule has 3 heterocycles. The van der Waals surface area contributed by atoms with Crippen molar-refractivity contribution in [2.24, 2.45) is 5.73 Å². The summed E-state index contributed by atoms with van der Waals surface area (Å²) in [6.07, 6.45) is 8.03. The fraction of sp³-hybridized carbons (Fsp3) is 0.453. The molecule has 22 nitrogen and oxygen atoms in total. The Morgan fingerprint density at radius 2 is 1.19 bits per heavy atom. The standard InChI is InChI=1S/C53H72N12O10/c1-4-20-57-46(66)33-60(2)48(68)34-64(26-18-53(73)74)51(71)38-65(32-39-11-9-21-55-28-39)52(72)37-61(23-10-19-54)49(69)36-63(25-17-41-30-59-45-15-8-6-13-43(41)45)50(70)35-62(47(67)31-56-22-27-75-3)24-16-40-29-58-44-14-7-5-12-42(40)44/h5-9,11-15,21,28-30,56,58-59H,4,10,16-20,22-27,31-38,54H2,1-3H3,(H,57,66)(H,73,74). The average Bonchev–Trinajstić information content (AvgIpc) is 4.03. The number of nitrogens with zero attached hydrogens (tertiary/aromatic N) is 7. The third-order valence-electron chi connectivity index (χ3n) is 12.5. The Balaban J connectivity index is 1.40. The molecule has 5 aromatic rings. The van der Waals surface area contributed by atoms with E-state index in [-0.39, 0.29) is 71.2 Å². The number of benzene rings is 2. The number of carbonyl (C=O) groups excluding carboxylic acids is 7. The molecule has 0 spiro atoms. The minimum atomic E-state index is -1.22. The normalized spacial score (nSPS) is 11.0. The largest absolute Gasteiger partial charge is 0.481 e. The molecular weight excluding hydrogens is 965 g/mol. The van der Waals surface area contributed by atoms with Gasteiger partial charge in [-0.15, -0.1) is 0 Å². The van der Waals surface area contributed by atoms with E-state index in [9.17, 15) is 43.5 Å². The lowest BCUT2D eigenvalue weighted by atomic mass is 10.1. The predicted octanol–water partition coefficient (Wildman–Crippen LogP) is 1.22. The first kappa shape index (κ1) is 58.2. The Morgan fingerprint density at radius 1 is 0.653 bits per heavy atom. The molecule has 5 rings (SSSR count). The van der Waals surface area contributed by atoms with Crippen molar-refractivity contribution in [2.45, 2.75) is 45.6 Å². The smallest absolute Gasteiger partial charge is 0.305 e. The summed E-state index contributed by atoms with van der Waals surface area (Å²) in [5.41, 5.74) is 10.2. The van der Waals surface area contributed by atoms with Crippen molar-refractivity contribution >= 4 is 69.1 Å². The number of para-hydroxylation sites is 2. The van der Waals surface area contributed by atoms with Crippen molar-refractivity contribution in [2.75, 3.05) is 112 Å². The molecule has 7 amide bonds. The summed E-state index contributed by atoms with van der Waals surface area (Å²) in [6.45, 7) is 0.105. The quantitative estimate of drug-likeness (QED) is 0.0323. The maximum absolute atomic E-state index is 14.7. The first-order valence-electron chi connectivity index (χ1n) is 25.2. The Kier molecular flexibility index (Phi) is 23.7. The molecule has 0 aliphatic carbocycles. The number of aromatic amines is 2. The van der Waals surface area contributed by atoms with Crippen molar-refractivity contribution in [3.8, 4) is 0 Å². The zero-order valence-electron chi connectivity index (χ0n) is 43.3. The molecule has 0 aliphatic heterocycles. The van der Waals surface area contributed by atoms with Crippen LogP contribution in [0.4, 0.5) is 0 Å². The van der Waals surface area contributed by atoms with Gasteiger partial charge in [-0.3, -0.25) is 43.3 Å². The summed E-state index contributed by atoms with van der Waals surface area (Å²) in [4.78, 5) is 128. The second kappa shape index (κ2) is 30.5. The zero-order valence-corrected chi connectivity index (χ0v) is 43.3. The number of aromatic nitrogens is 3. The fourth-order valence-electron chi connectivity index (χ4n) is 8.25. The Labute approximate surface area is 436 Å². The molecule has 0 atom stereocenters. The topological polar surface area (TPSA) is 280 Å². The second-order valence-electron chi connectivity index (χ2n) is 18.1. The van der Waals surface area contributed by atoms with Gasteiger partial charge in [-0.05, 0) is 67.1 Å². The highest BCUT2D eigenvalue weighted by Gasteiger charge is 2.30. The lowest BCUT2D eigenvalue weighted by molar-refractivity contribution is -0.148. The molecule has 0 aliphatic rings. The van der Waals surface area contributed by atoms with Crippen LogP contribution in [0.1, 0.15) is 42.9 Å². The summed E-state index contributed by atoms with van der Waals surface area (Å²) in [5, 5.41) is 17.2. The van der Waals surface area contributed by atoms with Crippen molar-refractivity contribution in [3.63, 3.8) is 0 Å². The number of nitrogens with two attached hydrogens (primary N) is 1. The van der Waals surface area contributed by atoms with E-state index in [0.717, 1.165) is 42.7 Å². The third-order valence-corrected chi connectivity index (χ3v) is 12.5. The third kappa shape index (κ3) is 18.6. The minimum Gasteiger partial charge on any atom is -0.481 e. The van der Waals surface area contributed by atoms with Gasteiger partial charge in [0.05, 0.1) is 52.3 Å². The van der Waals surface area contributed by atoms with Gasteiger partial charge in [0.2, 0.25) is 41.4 Å². The van der Waals surface area contributed by atoms with Crippen LogP contribution in [0.25, 0.3) is 21.8 Å². The number of amides is 7.